The molecular formula is C14H19N3O4S. The molecule has 0 amide bonds. The lowest BCUT2D eigenvalue weighted by molar-refractivity contribution is 0.165. The Bertz CT molecular complexity index is 534. The first-order chi connectivity index (χ1) is 10.7. The fourth-order valence-corrected chi connectivity index (χ4v) is 1.99. The number of hydrogen-bond donors (Lipinski definition) is 2. The van der Waals surface area contributed by atoms with Gasteiger partial charge in [-0.3, -0.25) is 5.43 Å². The molecule has 22 heavy (non-hydrogen) atoms. The maximum atomic E-state index is 5.56. The van der Waals surface area contributed by atoms with E-state index in [1.54, 1.807) is 20.4 Å². The van der Waals surface area contributed by atoms with Crippen molar-refractivity contribution in [3.63, 3.8) is 0 Å². The molecule has 7 nitrogen and oxygen atoms in total. The van der Waals surface area contributed by atoms with Gasteiger partial charge in [-0.2, -0.15) is 5.10 Å². The number of benzene rings is 1. The molecule has 8 heteroatoms. The average Bonchev–Trinajstić information content (AvgIpc) is 2.54. The van der Waals surface area contributed by atoms with Crippen molar-refractivity contribution in [3.8, 4) is 17.2 Å². The third kappa shape index (κ3) is 4.47. The van der Waals surface area contributed by atoms with Crippen molar-refractivity contribution in [2.45, 2.75) is 0 Å². The van der Waals surface area contributed by atoms with Crippen molar-refractivity contribution >= 4 is 23.5 Å². The molecule has 1 aromatic rings. The first-order valence-corrected chi connectivity index (χ1v) is 7.19. The molecule has 0 radical (unpaired) electrons. The van der Waals surface area contributed by atoms with Crippen LogP contribution >= 0.6 is 12.2 Å². The molecule has 0 saturated carbocycles. The molecule has 0 unspecified atom stereocenters. The van der Waals surface area contributed by atoms with Crippen LogP contribution < -0.4 is 25.0 Å². The van der Waals surface area contributed by atoms with Crippen LogP contribution in [0.4, 0.5) is 0 Å². The number of rotatable bonds is 6. The monoisotopic (exact) mass is 325 g/mol. The SMILES string of the molecule is COCCNC(=S)N/N=C\c1cc(OC)c2c(c1)OCCO2. The third-order valence-electron chi connectivity index (χ3n) is 2.82. The lowest BCUT2D eigenvalue weighted by Crippen LogP contribution is -2.34. The fraction of sp³-hybridized carbons (Fsp3) is 0.429. The fourth-order valence-electron chi connectivity index (χ4n) is 1.84. The van der Waals surface area contributed by atoms with Crippen LogP contribution in [-0.2, 0) is 4.74 Å². The summed E-state index contributed by atoms with van der Waals surface area (Å²) >= 11 is 5.07. The average molecular weight is 325 g/mol. The molecule has 1 heterocycles. The molecule has 0 spiro atoms. The predicted molar refractivity (Wildman–Crippen MR) is 87.2 cm³/mol. The van der Waals surface area contributed by atoms with Crippen molar-refractivity contribution in [3.05, 3.63) is 17.7 Å². The van der Waals surface area contributed by atoms with Crippen LogP contribution in [0.25, 0.3) is 0 Å². The first-order valence-electron chi connectivity index (χ1n) is 6.78. The van der Waals surface area contributed by atoms with E-state index >= 15 is 0 Å². The van der Waals surface area contributed by atoms with Gasteiger partial charge in [-0.05, 0) is 24.4 Å². The molecule has 0 aromatic heterocycles. The second-order valence-corrected chi connectivity index (χ2v) is 4.77. The molecule has 0 fully saturated rings. The molecule has 1 aliphatic heterocycles. The van der Waals surface area contributed by atoms with Gasteiger partial charge in [0.15, 0.2) is 16.6 Å². The molecule has 0 atom stereocenters. The highest BCUT2D eigenvalue weighted by atomic mass is 32.1. The van der Waals surface area contributed by atoms with Crippen LogP contribution in [0, 0.1) is 0 Å². The Hall–Kier alpha value is -2.06. The third-order valence-corrected chi connectivity index (χ3v) is 3.06. The van der Waals surface area contributed by atoms with Crippen LogP contribution in [0.2, 0.25) is 0 Å². The summed E-state index contributed by atoms with van der Waals surface area (Å²) in [5.74, 6) is 1.88. The van der Waals surface area contributed by atoms with Gasteiger partial charge in [0.1, 0.15) is 13.2 Å². The topological polar surface area (TPSA) is 73.3 Å². The molecule has 0 aliphatic carbocycles. The molecule has 2 rings (SSSR count). The summed E-state index contributed by atoms with van der Waals surface area (Å²) in [4.78, 5) is 0. The zero-order valence-corrected chi connectivity index (χ0v) is 13.4. The van der Waals surface area contributed by atoms with E-state index in [4.69, 9.17) is 31.2 Å². The van der Waals surface area contributed by atoms with Crippen LogP contribution in [-0.4, -0.2) is 51.9 Å². The number of hydrogen-bond acceptors (Lipinski definition) is 6. The largest absolute Gasteiger partial charge is 0.493 e. The van der Waals surface area contributed by atoms with Gasteiger partial charge in [-0.25, -0.2) is 0 Å². The normalized spacial score (nSPS) is 13.0. The summed E-state index contributed by atoms with van der Waals surface area (Å²) in [5, 5.41) is 7.46. The minimum absolute atomic E-state index is 0.429. The van der Waals surface area contributed by atoms with Crippen LogP contribution in [0.15, 0.2) is 17.2 Å². The van der Waals surface area contributed by atoms with Crippen molar-refractivity contribution in [2.75, 3.05) is 40.6 Å². The van der Waals surface area contributed by atoms with E-state index in [2.05, 4.69) is 15.8 Å². The van der Waals surface area contributed by atoms with E-state index in [-0.39, 0.29) is 0 Å². The zero-order valence-electron chi connectivity index (χ0n) is 12.5. The van der Waals surface area contributed by atoms with E-state index in [1.165, 1.54) is 0 Å². The van der Waals surface area contributed by atoms with Crippen molar-refractivity contribution < 1.29 is 18.9 Å². The number of fused-ring (bicyclic) bond motifs is 1. The van der Waals surface area contributed by atoms with Gasteiger partial charge >= 0.3 is 0 Å². The Morgan fingerprint density at radius 3 is 2.95 bits per heavy atom. The molecule has 1 aromatic carbocycles. The van der Waals surface area contributed by atoms with Gasteiger partial charge in [0.05, 0.1) is 19.9 Å². The van der Waals surface area contributed by atoms with E-state index in [0.29, 0.717) is 48.7 Å². The molecule has 120 valence electrons. The maximum Gasteiger partial charge on any atom is 0.203 e. The van der Waals surface area contributed by atoms with Gasteiger partial charge in [0.2, 0.25) is 5.75 Å². The van der Waals surface area contributed by atoms with Gasteiger partial charge in [-0.1, -0.05) is 0 Å². The predicted octanol–water partition coefficient (Wildman–Crippen LogP) is 0.911. The van der Waals surface area contributed by atoms with Gasteiger partial charge in [-0.15, -0.1) is 0 Å². The molecule has 0 bridgehead atoms. The number of nitrogens with one attached hydrogen (secondary N) is 2. The number of thiocarbonyl (C=S) groups is 1. The lowest BCUT2D eigenvalue weighted by atomic mass is 10.2. The summed E-state index contributed by atoms with van der Waals surface area (Å²) in [7, 11) is 3.22. The summed E-state index contributed by atoms with van der Waals surface area (Å²) < 4.78 is 21.3. The van der Waals surface area contributed by atoms with Crippen molar-refractivity contribution in [1.82, 2.24) is 10.7 Å². The van der Waals surface area contributed by atoms with Crippen LogP contribution in [0.1, 0.15) is 5.56 Å². The molecule has 2 N–H and O–H groups in total. The van der Waals surface area contributed by atoms with E-state index < -0.39 is 0 Å². The Labute approximate surface area is 134 Å². The molecular weight excluding hydrogens is 306 g/mol. The number of ether oxygens (including phenoxy) is 4. The summed E-state index contributed by atoms with van der Waals surface area (Å²) in [6.45, 7) is 2.23. The number of hydrazone groups is 1. The van der Waals surface area contributed by atoms with Crippen molar-refractivity contribution in [2.24, 2.45) is 5.10 Å². The maximum absolute atomic E-state index is 5.56. The Kier molecular flexibility index (Phi) is 6.23. The zero-order chi connectivity index (χ0) is 15.8. The number of methoxy groups -OCH3 is 2. The van der Waals surface area contributed by atoms with E-state index in [1.807, 2.05) is 12.1 Å². The summed E-state index contributed by atoms with van der Waals surface area (Å²) in [5.41, 5.74) is 3.54. The second-order valence-electron chi connectivity index (χ2n) is 4.37. The summed E-state index contributed by atoms with van der Waals surface area (Å²) in [6, 6.07) is 3.66. The standard InChI is InChI=1S/C14H19N3O4S/c1-18-4-3-15-14(22)17-16-9-10-7-11(19-2)13-12(8-10)20-5-6-21-13/h7-9H,3-6H2,1-2H3,(H2,15,17,22)/b16-9-. The summed E-state index contributed by atoms with van der Waals surface area (Å²) in [6.07, 6.45) is 1.63. The van der Waals surface area contributed by atoms with E-state index in [0.717, 1.165) is 5.56 Å². The Morgan fingerprint density at radius 1 is 1.36 bits per heavy atom. The highest BCUT2D eigenvalue weighted by molar-refractivity contribution is 7.80. The first kappa shape index (κ1) is 16.3. The van der Waals surface area contributed by atoms with Gasteiger partial charge in [0.25, 0.3) is 0 Å². The molecule has 1 aliphatic rings. The van der Waals surface area contributed by atoms with Gasteiger partial charge < -0.3 is 24.3 Å². The highest BCUT2D eigenvalue weighted by Gasteiger charge is 2.17. The molecule has 0 saturated heterocycles. The quantitative estimate of drug-likeness (QED) is 0.348. The van der Waals surface area contributed by atoms with E-state index in [9.17, 15) is 0 Å². The Morgan fingerprint density at radius 2 is 2.18 bits per heavy atom. The van der Waals surface area contributed by atoms with Crippen LogP contribution in [0.3, 0.4) is 0 Å². The minimum Gasteiger partial charge on any atom is -0.493 e. The van der Waals surface area contributed by atoms with Gasteiger partial charge in [0, 0.05) is 19.2 Å². The van der Waals surface area contributed by atoms with Crippen molar-refractivity contribution in [1.29, 1.82) is 0 Å². The number of nitrogens with zero attached hydrogens (tertiary/aromatic N) is 1. The second kappa shape index (κ2) is 8.40. The highest BCUT2D eigenvalue weighted by Crippen LogP contribution is 2.39. The minimum atomic E-state index is 0.429. The Balaban J connectivity index is 1.97. The smallest absolute Gasteiger partial charge is 0.203 e. The lowest BCUT2D eigenvalue weighted by Gasteiger charge is -2.20. The van der Waals surface area contributed by atoms with Crippen LogP contribution in [0.5, 0.6) is 17.2 Å².